The smallest absolute Gasteiger partial charge is 0.325 e. The highest BCUT2D eigenvalue weighted by molar-refractivity contribution is 8.18. The first-order chi connectivity index (χ1) is 14.1. The zero-order chi connectivity index (χ0) is 22.2. The maximum absolute atomic E-state index is 12.6. The SMILES string of the molecule is CCCN1c2cc(Cl)c(/C=C3\SC(=O)N(CC(=O)OC)C3=O)cc2C(C)CC1(C)C. The fourth-order valence-electron chi connectivity index (χ4n) is 4.25. The molecule has 1 fully saturated rings. The molecule has 1 unspecified atom stereocenters. The van der Waals surface area contributed by atoms with E-state index in [1.807, 2.05) is 12.1 Å². The summed E-state index contributed by atoms with van der Waals surface area (Å²) in [5.41, 5.74) is 3.04. The Morgan fingerprint density at radius 3 is 2.70 bits per heavy atom. The Morgan fingerprint density at radius 2 is 2.07 bits per heavy atom. The molecule has 2 aliphatic rings. The lowest BCUT2D eigenvalue weighted by molar-refractivity contribution is -0.143. The third kappa shape index (κ3) is 4.23. The van der Waals surface area contributed by atoms with Crippen molar-refractivity contribution in [2.75, 3.05) is 25.1 Å². The lowest BCUT2D eigenvalue weighted by atomic mass is 9.79. The van der Waals surface area contributed by atoms with E-state index in [2.05, 4.69) is 37.3 Å². The van der Waals surface area contributed by atoms with Gasteiger partial charge in [-0.1, -0.05) is 25.4 Å². The Hall–Kier alpha value is -1.99. The van der Waals surface area contributed by atoms with Gasteiger partial charge in [0.1, 0.15) is 6.54 Å². The minimum Gasteiger partial charge on any atom is -0.468 e. The van der Waals surface area contributed by atoms with Crippen LogP contribution in [0.1, 0.15) is 57.6 Å². The van der Waals surface area contributed by atoms with E-state index in [1.54, 1.807) is 6.08 Å². The summed E-state index contributed by atoms with van der Waals surface area (Å²) in [5.74, 6) is -0.814. The van der Waals surface area contributed by atoms with Crippen LogP contribution in [0.15, 0.2) is 17.0 Å². The number of ether oxygens (including phenoxy) is 1. The second kappa shape index (κ2) is 8.63. The minimum absolute atomic E-state index is 0.0316. The normalized spacial score (nSPS) is 21.9. The summed E-state index contributed by atoms with van der Waals surface area (Å²) in [7, 11) is 1.22. The van der Waals surface area contributed by atoms with Crippen molar-refractivity contribution in [1.82, 2.24) is 4.90 Å². The Labute approximate surface area is 186 Å². The molecular formula is C22H27ClN2O4S. The molecule has 0 spiro atoms. The van der Waals surface area contributed by atoms with Crippen molar-refractivity contribution in [3.8, 4) is 0 Å². The highest BCUT2D eigenvalue weighted by atomic mass is 35.5. The van der Waals surface area contributed by atoms with Crippen molar-refractivity contribution in [2.24, 2.45) is 0 Å². The van der Waals surface area contributed by atoms with E-state index >= 15 is 0 Å². The van der Waals surface area contributed by atoms with E-state index in [1.165, 1.54) is 12.7 Å². The quantitative estimate of drug-likeness (QED) is 0.461. The third-order valence-electron chi connectivity index (χ3n) is 5.63. The number of carbonyl (C=O) groups excluding carboxylic acids is 3. The Balaban J connectivity index is 1.97. The van der Waals surface area contributed by atoms with E-state index in [0.717, 1.165) is 41.7 Å². The molecule has 0 saturated carbocycles. The Morgan fingerprint density at radius 1 is 1.37 bits per heavy atom. The van der Waals surface area contributed by atoms with E-state index in [0.29, 0.717) is 16.5 Å². The van der Waals surface area contributed by atoms with Crippen LogP contribution >= 0.6 is 23.4 Å². The number of hydrogen-bond acceptors (Lipinski definition) is 6. The summed E-state index contributed by atoms with van der Waals surface area (Å²) in [4.78, 5) is 39.8. The predicted octanol–water partition coefficient (Wildman–Crippen LogP) is 5.05. The van der Waals surface area contributed by atoms with Gasteiger partial charge in [-0.15, -0.1) is 0 Å². The Bertz CT molecular complexity index is 928. The minimum atomic E-state index is -0.641. The van der Waals surface area contributed by atoms with Gasteiger partial charge in [0.25, 0.3) is 11.1 Å². The monoisotopic (exact) mass is 450 g/mol. The van der Waals surface area contributed by atoms with Gasteiger partial charge in [-0.2, -0.15) is 0 Å². The van der Waals surface area contributed by atoms with E-state index in [-0.39, 0.29) is 10.4 Å². The van der Waals surface area contributed by atoms with Gasteiger partial charge in [-0.25, -0.2) is 0 Å². The molecule has 8 heteroatoms. The summed E-state index contributed by atoms with van der Waals surface area (Å²) in [6, 6.07) is 3.99. The summed E-state index contributed by atoms with van der Waals surface area (Å²) in [6.07, 6.45) is 3.68. The molecule has 162 valence electrons. The maximum Gasteiger partial charge on any atom is 0.325 e. The molecule has 0 aliphatic carbocycles. The van der Waals surface area contributed by atoms with Crippen molar-refractivity contribution < 1.29 is 19.1 Å². The number of thioether (sulfide) groups is 1. The number of esters is 1. The number of benzene rings is 1. The summed E-state index contributed by atoms with van der Waals surface area (Å²) in [5, 5.41) is 0.0366. The molecule has 3 rings (SSSR count). The predicted molar refractivity (Wildman–Crippen MR) is 121 cm³/mol. The van der Waals surface area contributed by atoms with Gasteiger partial charge < -0.3 is 9.64 Å². The number of amides is 2. The van der Waals surface area contributed by atoms with Crippen LogP contribution in [0.4, 0.5) is 10.5 Å². The average Bonchev–Trinajstić information content (AvgIpc) is 2.93. The van der Waals surface area contributed by atoms with Crippen molar-refractivity contribution in [3.63, 3.8) is 0 Å². The highest BCUT2D eigenvalue weighted by Gasteiger charge is 2.38. The number of anilines is 1. The van der Waals surface area contributed by atoms with Crippen LogP contribution in [-0.2, 0) is 14.3 Å². The first kappa shape index (κ1) is 22.7. The molecule has 1 aromatic rings. The zero-order valence-electron chi connectivity index (χ0n) is 18.0. The fraction of sp³-hybridized carbons (Fsp3) is 0.500. The van der Waals surface area contributed by atoms with Crippen LogP contribution in [0, 0.1) is 0 Å². The molecule has 6 nitrogen and oxygen atoms in total. The molecule has 0 aromatic heterocycles. The number of imide groups is 1. The standard InChI is InChI=1S/C22H27ClN2O4S/c1-6-7-25-17-10-16(23)14(8-15(17)13(2)11-22(25,3)4)9-18-20(27)24(21(28)30-18)12-19(26)29-5/h8-10,13H,6-7,11-12H2,1-5H3/b18-9-. The van der Waals surface area contributed by atoms with Crippen molar-refractivity contribution in [1.29, 1.82) is 0 Å². The van der Waals surface area contributed by atoms with Gasteiger partial charge in [0, 0.05) is 22.8 Å². The number of carbonyl (C=O) groups is 3. The third-order valence-corrected chi connectivity index (χ3v) is 6.86. The Kier molecular flexibility index (Phi) is 6.53. The molecular weight excluding hydrogens is 424 g/mol. The van der Waals surface area contributed by atoms with Crippen molar-refractivity contribution >= 4 is 52.2 Å². The van der Waals surface area contributed by atoms with Gasteiger partial charge >= 0.3 is 5.97 Å². The van der Waals surface area contributed by atoms with Gasteiger partial charge in [0.05, 0.1) is 12.0 Å². The molecule has 1 aromatic carbocycles. The maximum atomic E-state index is 12.6. The second-order valence-electron chi connectivity index (χ2n) is 8.35. The molecule has 2 heterocycles. The van der Waals surface area contributed by atoms with E-state index in [9.17, 15) is 14.4 Å². The first-order valence-corrected chi connectivity index (χ1v) is 11.2. The molecule has 2 amide bonds. The lowest BCUT2D eigenvalue weighted by Crippen LogP contribution is -2.48. The van der Waals surface area contributed by atoms with Gasteiger partial charge in [-0.3, -0.25) is 19.3 Å². The van der Waals surface area contributed by atoms with Crippen LogP contribution < -0.4 is 4.90 Å². The van der Waals surface area contributed by atoms with Gasteiger partial charge in [0.15, 0.2) is 0 Å². The zero-order valence-corrected chi connectivity index (χ0v) is 19.5. The molecule has 2 aliphatic heterocycles. The molecule has 0 N–H and O–H groups in total. The van der Waals surface area contributed by atoms with Crippen LogP contribution in [0.2, 0.25) is 5.02 Å². The van der Waals surface area contributed by atoms with Crippen molar-refractivity contribution in [2.45, 2.75) is 52.0 Å². The molecule has 0 radical (unpaired) electrons. The van der Waals surface area contributed by atoms with Crippen LogP contribution in [0.3, 0.4) is 0 Å². The molecule has 1 atom stereocenters. The summed E-state index contributed by atoms with van der Waals surface area (Å²) < 4.78 is 4.56. The fourth-order valence-corrected chi connectivity index (χ4v) is 5.29. The average molecular weight is 451 g/mol. The van der Waals surface area contributed by atoms with E-state index < -0.39 is 23.7 Å². The lowest BCUT2D eigenvalue weighted by Gasteiger charge is -2.47. The van der Waals surface area contributed by atoms with Crippen LogP contribution in [0.25, 0.3) is 6.08 Å². The number of halogens is 1. The topological polar surface area (TPSA) is 66.9 Å². The molecule has 1 saturated heterocycles. The van der Waals surface area contributed by atoms with Gasteiger partial charge in [0.2, 0.25) is 0 Å². The van der Waals surface area contributed by atoms with E-state index in [4.69, 9.17) is 11.6 Å². The summed E-state index contributed by atoms with van der Waals surface area (Å²) >= 11 is 7.41. The number of hydrogen-bond donors (Lipinski definition) is 0. The van der Waals surface area contributed by atoms with Crippen molar-refractivity contribution in [3.05, 3.63) is 33.2 Å². The first-order valence-electron chi connectivity index (χ1n) is 10.0. The number of nitrogens with zero attached hydrogens (tertiary/aromatic N) is 2. The molecule has 0 bridgehead atoms. The number of fused-ring (bicyclic) bond motifs is 1. The molecule has 30 heavy (non-hydrogen) atoms. The highest BCUT2D eigenvalue weighted by Crippen LogP contribution is 2.46. The largest absolute Gasteiger partial charge is 0.468 e. The van der Waals surface area contributed by atoms with Crippen LogP contribution in [-0.4, -0.2) is 47.8 Å². The van der Waals surface area contributed by atoms with Gasteiger partial charge in [-0.05, 0) is 73.7 Å². The number of rotatable bonds is 5. The summed E-state index contributed by atoms with van der Waals surface area (Å²) in [6.45, 7) is 9.41. The van der Waals surface area contributed by atoms with Crippen LogP contribution in [0.5, 0.6) is 0 Å². The number of methoxy groups -OCH3 is 1. The second-order valence-corrected chi connectivity index (χ2v) is 9.75.